The summed E-state index contributed by atoms with van der Waals surface area (Å²) in [6.45, 7) is 0.359. The number of allylic oxidation sites excluding steroid dienone is 1. The van der Waals surface area contributed by atoms with Gasteiger partial charge in [-0.1, -0.05) is 6.07 Å². The van der Waals surface area contributed by atoms with E-state index in [1.165, 1.54) is 4.90 Å². The van der Waals surface area contributed by atoms with Gasteiger partial charge in [0.2, 0.25) is 0 Å². The molecule has 0 aliphatic heterocycles. The Morgan fingerprint density at radius 3 is 2.43 bits per heavy atom. The van der Waals surface area contributed by atoms with Crippen molar-refractivity contribution in [1.29, 1.82) is 10.7 Å². The molecule has 1 aromatic rings. The molecule has 6 heteroatoms. The molecule has 1 rings (SSSR count). The minimum Gasteiger partial charge on any atom is -0.419 e. The Morgan fingerprint density at radius 1 is 1.38 bits per heavy atom. The van der Waals surface area contributed by atoms with Gasteiger partial charge in [0, 0.05) is 25.2 Å². The molecule has 4 nitrogen and oxygen atoms in total. The molecule has 0 spiro atoms. The van der Waals surface area contributed by atoms with E-state index in [1.54, 1.807) is 46.1 Å². The van der Waals surface area contributed by atoms with E-state index in [0.29, 0.717) is 16.7 Å². The monoisotopic (exact) mass is 293 g/mol. The quantitative estimate of drug-likeness (QED) is 0.669. The van der Waals surface area contributed by atoms with Gasteiger partial charge in [-0.3, -0.25) is 5.41 Å². The Labute approximate surface area is 122 Å². The van der Waals surface area contributed by atoms with Crippen molar-refractivity contribution < 1.29 is 13.5 Å². The number of nitriles is 1. The standard InChI is InChI=1S/C15H17F2N3O/c1-9-7-11(5-6-12(9)8-18)13(19)10(2)14(20(3)4)21-15(16)17/h5-7,15,19H,1-4H3/b14-10+,19-13?. The second-order valence-electron chi connectivity index (χ2n) is 4.72. The number of nitrogens with zero attached hydrogens (tertiary/aromatic N) is 2. The lowest BCUT2D eigenvalue weighted by Crippen LogP contribution is -2.21. The molecule has 0 amide bonds. The van der Waals surface area contributed by atoms with Gasteiger partial charge < -0.3 is 9.64 Å². The van der Waals surface area contributed by atoms with Crippen LogP contribution in [0.15, 0.2) is 29.7 Å². The average Bonchev–Trinajstić information content (AvgIpc) is 2.42. The van der Waals surface area contributed by atoms with Crippen LogP contribution in [-0.2, 0) is 4.74 Å². The minimum absolute atomic E-state index is 0.0583. The molecule has 1 aromatic carbocycles. The number of hydrogen-bond acceptors (Lipinski definition) is 4. The summed E-state index contributed by atoms with van der Waals surface area (Å²) in [5.74, 6) is -0.0583. The molecule has 0 unspecified atom stereocenters. The molecule has 0 bridgehead atoms. The molecule has 0 heterocycles. The summed E-state index contributed by atoms with van der Waals surface area (Å²) in [5.41, 5.74) is 2.16. The summed E-state index contributed by atoms with van der Waals surface area (Å²) in [6.07, 6.45) is 0. The molecular weight excluding hydrogens is 276 g/mol. The van der Waals surface area contributed by atoms with Gasteiger partial charge in [0.15, 0.2) is 5.88 Å². The summed E-state index contributed by atoms with van der Waals surface area (Å²) in [7, 11) is 3.14. The maximum absolute atomic E-state index is 12.4. The highest BCUT2D eigenvalue weighted by Crippen LogP contribution is 2.19. The molecule has 0 saturated carbocycles. The number of halogens is 2. The third kappa shape index (κ3) is 4.02. The van der Waals surface area contributed by atoms with Crippen LogP contribution in [0.2, 0.25) is 0 Å². The molecule has 0 aromatic heterocycles. The predicted octanol–water partition coefficient (Wildman–Crippen LogP) is 3.27. The predicted molar refractivity (Wildman–Crippen MR) is 76.2 cm³/mol. The lowest BCUT2D eigenvalue weighted by molar-refractivity contribution is -0.114. The van der Waals surface area contributed by atoms with Crippen molar-refractivity contribution in [2.75, 3.05) is 14.1 Å². The third-order valence-corrected chi connectivity index (χ3v) is 2.94. The van der Waals surface area contributed by atoms with Gasteiger partial charge in [0.25, 0.3) is 0 Å². The van der Waals surface area contributed by atoms with Crippen LogP contribution >= 0.6 is 0 Å². The zero-order valence-electron chi connectivity index (χ0n) is 12.4. The third-order valence-electron chi connectivity index (χ3n) is 2.94. The van der Waals surface area contributed by atoms with Crippen molar-refractivity contribution >= 4 is 5.71 Å². The Hall–Kier alpha value is -2.42. The van der Waals surface area contributed by atoms with E-state index in [0.717, 1.165) is 5.56 Å². The Balaban J connectivity index is 3.22. The lowest BCUT2D eigenvalue weighted by atomic mass is 9.99. The fraction of sp³-hybridized carbons (Fsp3) is 0.333. The number of alkyl halides is 2. The van der Waals surface area contributed by atoms with E-state index in [2.05, 4.69) is 4.74 Å². The van der Waals surface area contributed by atoms with Gasteiger partial charge in [0.1, 0.15) is 0 Å². The van der Waals surface area contributed by atoms with Gasteiger partial charge in [0.05, 0.1) is 17.3 Å². The first-order valence-corrected chi connectivity index (χ1v) is 6.21. The van der Waals surface area contributed by atoms with E-state index < -0.39 is 6.61 Å². The molecule has 0 aliphatic rings. The Morgan fingerprint density at radius 2 is 2.00 bits per heavy atom. The van der Waals surface area contributed by atoms with E-state index >= 15 is 0 Å². The first-order valence-electron chi connectivity index (χ1n) is 6.21. The van der Waals surface area contributed by atoms with Crippen molar-refractivity contribution in [1.82, 2.24) is 4.90 Å². The van der Waals surface area contributed by atoms with Crippen molar-refractivity contribution in [2.45, 2.75) is 20.5 Å². The zero-order chi connectivity index (χ0) is 16.2. The highest BCUT2D eigenvalue weighted by molar-refractivity contribution is 6.10. The highest BCUT2D eigenvalue weighted by atomic mass is 19.3. The summed E-state index contributed by atoms with van der Waals surface area (Å²) in [6, 6.07) is 6.95. The van der Waals surface area contributed by atoms with E-state index in [9.17, 15) is 8.78 Å². The van der Waals surface area contributed by atoms with Crippen molar-refractivity contribution in [3.63, 3.8) is 0 Å². The lowest BCUT2D eigenvalue weighted by Gasteiger charge is -2.20. The van der Waals surface area contributed by atoms with Crippen LogP contribution in [0.4, 0.5) is 8.78 Å². The molecule has 0 atom stereocenters. The van der Waals surface area contributed by atoms with Crippen LogP contribution in [0, 0.1) is 23.7 Å². The molecule has 0 radical (unpaired) electrons. The summed E-state index contributed by atoms with van der Waals surface area (Å²) in [5, 5.41) is 17.0. The van der Waals surface area contributed by atoms with Crippen LogP contribution in [0.25, 0.3) is 0 Å². The number of benzene rings is 1. The molecule has 21 heavy (non-hydrogen) atoms. The van der Waals surface area contributed by atoms with E-state index in [4.69, 9.17) is 10.7 Å². The number of nitrogens with one attached hydrogen (secondary N) is 1. The second-order valence-corrected chi connectivity index (χ2v) is 4.72. The molecular formula is C15H17F2N3O. The minimum atomic E-state index is -2.95. The molecule has 0 saturated heterocycles. The Kier molecular flexibility index (Phi) is 5.42. The SMILES string of the molecule is C/C(C(=N)c1ccc(C#N)c(C)c1)=C(\OC(F)F)N(C)C. The second kappa shape index (κ2) is 6.84. The van der Waals surface area contributed by atoms with Crippen molar-refractivity contribution in [2.24, 2.45) is 0 Å². The summed E-state index contributed by atoms with van der Waals surface area (Å²) < 4.78 is 29.4. The zero-order valence-corrected chi connectivity index (χ0v) is 12.4. The summed E-state index contributed by atoms with van der Waals surface area (Å²) >= 11 is 0. The van der Waals surface area contributed by atoms with Gasteiger partial charge >= 0.3 is 6.61 Å². The van der Waals surface area contributed by atoms with Crippen LogP contribution in [0.1, 0.15) is 23.6 Å². The topological polar surface area (TPSA) is 60.1 Å². The Bertz CT molecular complexity index is 616. The summed E-state index contributed by atoms with van der Waals surface area (Å²) in [4.78, 5) is 1.40. The van der Waals surface area contributed by atoms with Gasteiger partial charge in [-0.05, 0) is 31.5 Å². The van der Waals surface area contributed by atoms with Gasteiger partial charge in [-0.2, -0.15) is 14.0 Å². The number of aryl methyl sites for hydroxylation is 1. The first-order chi connectivity index (χ1) is 9.77. The largest absolute Gasteiger partial charge is 0.419 e. The molecule has 1 N–H and O–H groups in total. The van der Waals surface area contributed by atoms with E-state index in [1.807, 2.05) is 6.07 Å². The normalized spacial score (nSPS) is 11.7. The fourth-order valence-electron chi connectivity index (χ4n) is 1.88. The van der Waals surface area contributed by atoms with Gasteiger partial charge in [-0.15, -0.1) is 0 Å². The van der Waals surface area contributed by atoms with Crippen LogP contribution in [0.5, 0.6) is 0 Å². The first kappa shape index (κ1) is 16.6. The molecule has 0 fully saturated rings. The fourth-order valence-corrected chi connectivity index (χ4v) is 1.88. The van der Waals surface area contributed by atoms with Crippen LogP contribution in [-0.4, -0.2) is 31.3 Å². The van der Waals surface area contributed by atoms with E-state index in [-0.39, 0.29) is 11.6 Å². The van der Waals surface area contributed by atoms with Crippen LogP contribution < -0.4 is 0 Å². The number of hydrogen-bond donors (Lipinski definition) is 1. The van der Waals surface area contributed by atoms with Crippen molar-refractivity contribution in [3.8, 4) is 6.07 Å². The number of ether oxygens (including phenoxy) is 1. The molecule has 0 aliphatic carbocycles. The highest BCUT2D eigenvalue weighted by Gasteiger charge is 2.17. The number of rotatable bonds is 5. The van der Waals surface area contributed by atoms with Crippen molar-refractivity contribution in [3.05, 3.63) is 46.3 Å². The molecule has 112 valence electrons. The van der Waals surface area contributed by atoms with Crippen LogP contribution in [0.3, 0.4) is 0 Å². The smallest absolute Gasteiger partial charge is 0.388 e. The maximum Gasteiger partial charge on any atom is 0.388 e. The average molecular weight is 293 g/mol. The maximum atomic E-state index is 12.4. The van der Waals surface area contributed by atoms with Gasteiger partial charge in [-0.25, -0.2) is 0 Å².